The monoisotopic (exact) mass is 351 g/mol. The van der Waals surface area contributed by atoms with Crippen molar-refractivity contribution >= 4 is 16.9 Å². The number of nitrogens with zero attached hydrogens (tertiary/aromatic N) is 2. The van der Waals surface area contributed by atoms with Gasteiger partial charge in [0, 0.05) is 19.5 Å². The van der Waals surface area contributed by atoms with Crippen molar-refractivity contribution in [2.45, 2.75) is 45.8 Å². The first-order chi connectivity index (χ1) is 12.6. The predicted molar refractivity (Wildman–Crippen MR) is 104 cm³/mol. The first kappa shape index (κ1) is 18.0. The average molecular weight is 351 g/mol. The molecule has 0 saturated carbocycles. The lowest BCUT2D eigenvalue weighted by atomic mass is 10.1. The Labute approximate surface area is 153 Å². The van der Waals surface area contributed by atoms with Gasteiger partial charge < -0.3 is 5.32 Å². The number of amides is 1. The fraction of sp³-hybridized carbons (Fsp3) is 0.333. The average Bonchev–Trinajstić information content (AvgIpc) is 2.93. The van der Waals surface area contributed by atoms with Gasteiger partial charge in [-0.2, -0.15) is 0 Å². The molecule has 0 bridgehead atoms. The number of hydrogen-bond donors (Lipinski definition) is 1. The number of para-hydroxylation sites is 2. The second kappa shape index (κ2) is 8.04. The lowest BCUT2D eigenvalue weighted by molar-refractivity contribution is -0.121. The Morgan fingerprint density at radius 3 is 2.15 bits per heavy atom. The lowest BCUT2D eigenvalue weighted by Crippen LogP contribution is -2.30. The first-order valence-corrected chi connectivity index (χ1v) is 9.14. The quantitative estimate of drug-likeness (QED) is 0.708. The molecule has 0 saturated heterocycles. The Bertz CT molecular complexity index is 941. The Morgan fingerprint density at radius 2 is 1.54 bits per heavy atom. The minimum Gasteiger partial charge on any atom is -0.350 e. The van der Waals surface area contributed by atoms with Crippen molar-refractivity contribution in [1.82, 2.24) is 14.5 Å². The smallest absolute Gasteiger partial charge is 0.329 e. The van der Waals surface area contributed by atoms with E-state index >= 15 is 0 Å². The number of imidazole rings is 1. The van der Waals surface area contributed by atoms with Crippen LogP contribution in [0.1, 0.15) is 38.3 Å². The Morgan fingerprint density at radius 1 is 0.962 bits per heavy atom. The third-order valence-corrected chi connectivity index (χ3v) is 4.61. The van der Waals surface area contributed by atoms with Gasteiger partial charge >= 0.3 is 5.69 Å². The topological polar surface area (TPSA) is 56.0 Å². The largest absolute Gasteiger partial charge is 0.350 e. The van der Waals surface area contributed by atoms with Crippen molar-refractivity contribution in [1.29, 1.82) is 0 Å². The number of carbonyl (C=O) groups excluding carboxylic acids is 1. The molecule has 0 aliphatic rings. The third kappa shape index (κ3) is 3.72. The van der Waals surface area contributed by atoms with E-state index in [9.17, 15) is 9.59 Å². The molecule has 0 radical (unpaired) electrons. The second-order valence-electron chi connectivity index (χ2n) is 6.52. The number of carbonyl (C=O) groups is 1. The molecule has 0 fully saturated rings. The van der Waals surface area contributed by atoms with Crippen molar-refractivity contribution in [3.8, 4) is 0 Å². The van der Waals surface area contributed by atoms with Crippen LogP contribution in [0.4, 0.5) is 0 Å². The van der Waals surface area contributed by atoms with E-state index in [0.29, 0.717) is 13.1 Å². The maximum Gasteiger partial charge on any atom is 0.329 e. The Kier molecular flexibility index (Phi) is 5.56. The van der Waals surface area contributed by atoms with Crippen LogP contribution in [0.25, 0.3) is 11.0 Å². The second-order valence-corrected chi connectivity index (χ2v) is 6.52. The van der Waals surface area contributed by atoms with Gasteiger partial charge in [0.25, 0.3) is 0 Å². The standard InChI is InChI=1S/C21H25N3O2/c1-3-14-23-18-11-7-8-12-19(18)24(21(23)26)15-13-20(25)22-16(2)17-9-5-4-6-10-17/h4-12,16H,3,13-15H2,1-2H3,(H,22,25). The minimum absolute atomic E-state index is 0.0445. The van der Waals surface area contributed by atoms with Crippen LogP contribution >= 0.6 is 0 Å². The molecule has 1 atom stereocenters. The van der Waals surface area contributed by atoms with E-state index in [-0.39, 0.29) is 24.1 Å². The van der Waals surface area contributed by atoms with Gasteiger partial charge in [-0.3, -0.25) is 13.9 Å². The minimum atomic E-state index is -0.0550. The highest BCUT2D eigenvalue weighted by Gasteiger charge is 2.14. The zero-order valence-corrected chi connectivity index (χ0v) is 15.3. The predicted octanol–water partition coefficient (Wildman–Crippen LogP) is 3.48. The molecule has 3 aromatic rings. The SMILES string of the molecule is CCCn1c(=O)n(CCC(=O)NC(C)c2ccccc2)c2ccccc21. The lowest BCUT2D eigenvalue weighted by Gasteiger charge is -2.14. The summed E-state index contributed by atoms with van der Waals surface area (Å²) in [4.78, 5) is 25.1. The van der Waals surface area contributed by atoms with E-state index in [4.69, 9.17) is 0 Å². The van der Waals surface area contributed by atoms with Gasteiger partial charge in [0.1, 0.15) is 0 Å². The van der Waals surface area contributed by atoms with Crippen LogP contribution in [-0.4, -0.2) is 15.0 Å². The highest BCUT2D eigenvalue weighted by molar-refractivity contribution is 5.78. The molecule has 0 spiro atoms. The van der Waals surface area contributed by atoms with Crippen LogP contribution in [0.5, 0.6) is 0 Å². The molecule has 1 unspecified atom stereocenters. The van der Waals surface area contributed by atoms with Crippen molar-refractivity contribution in [3.05, 3.63) is 70.6 Å². The van der Waals surface area contributed by atoms with Gasteiger partial charge in [-0.25, -0.2) is 4.79 Å². The summed E-state index contributed by atoms with van der Waals surface area (Å²) in [6.07, 6.45) is 1.17. The first-order valence-electron chi connectivity index (χ1n) is 9.14. The maximum absolute atomic E-state index is 12.7. The summed E-state index contributed by atoms with van der Waals surface area (Å²) in [5.74, 6) is -0.0550. The van der Waals surface area contributed by atoms with Gasteiger partial charge in [-0.1, -0.05) is 49.4 Å². The summed E-state index contributed by atoms with van der Waals surface area (Å²) in [6.45, 7) is 5.08. The number of aromatic nitrogens is 2. The molecular weight excluding hydrogens is 326 g/mol. The molecule has 136 valence electrons. The number of benzene rings is 2. The zero-order valence-electron chi connectivity index (χ0n) is 15.3. The van der Waals surface area contributed by atoms with Crippen molar-refractivity contribution in [3.63, 3.8) is 0 Å². The van der Waals surface area contributed by atoms with Gasteiger partial charge in [0.05, 0.1) is 17.1 Å². The molecule has 1 N–H and O–H groups in total. The Balaban J connectivity index is 1.72. The maximum atomic E-state index is 12.7. The molecule has 5 nitrogen and oxygen atoms in total. The van der Waals surface area contributed by atoms with Crippen LogP contribution in [0, 0.1) is 0 Å². The fourth-order valence-corrected chi connectivity index (χ4v) is 3.28. The van der Waals surface area contributed by atoms with Crippen LogP contribution in [0.15, 0.2) is 59.4 Å². The summed E-state index contributed by atoms with van der Waals surface area (Å²) in [5.41, 5.74) is 2.83. The van der Waals surface area contributed by atoms with E-state index in [1.54, 1.807) is 9.13 Å². The molecule has 1 amide bonds. The molecule has 3 rings (SSSR count). The molecule has 1 heterocycles. The van der Waals surface area contributed by atoms with Gasteiger partial charge in [-0.15, -0.1) is 0 Å². The number of fused-ring (bicyclic) bond motifs is 1. The highest BCUT2D eigenvalue weighted by Crippen LogP contribution is 2.14. The summed E-state index contributed by atoms with van der Waals surface area (Å²) < 4.78 is 3.50. The zero-order chi connectivity index (χ0) is 18.5. The third-order valence-electron chi connectivity index (χ3n) is 4.61. The summed E-state index contributed by atoms with van der Waals surface area (Å²) in [5, 5.41) is 3.00. The molecule has 2 aromatic carbocycles. The van der Waals surface area contributed by atoms with Crippen LogP contribution in [0.2, 0.25) is 0 Å². The van der Waals surface area contributed by atoms with Crippen LogP contribution in [0.3, 0.4) is 0 Å². The summed E-state index contributed by atoms with van der Waals surface area (Å²) in [6, 6.07) is 17.6. The molecule has 5 heteroatoms. The van der Waals surface area contributed by atoms with Crippen LogP contribution in [-0.2, 0) is 17.9 Å². The summed E-state index contributed by atoms with van der Waals surface area (Å²) >= 11 is 0. The summed E-state index contributed by atoms with van der Waals surface area (Å²) in [7, 11) is 0. The number of nitrogens with one attached hydrogen (secondary N) is 1. The molecule has 0 aliphatic carbocycles. The molecule has 26 heavy (non-hydrogen) atoms. The van der Waals surface area contributed by atoms with Crippen molar-refractivity contribution < 1.29 is 4.79 Å². The number of hydrogen-bond acceptors (Lipinski definition) is 2. The molecule has 1 aromatic heterocycles. The fourth-order valence-electron chi connectivity index (χ4n) is 3.28. The van der Waals surface area contributed by atoms with E-state index in [1.165, 1.54) is 0 Å². The van der Waals surface area contributed by atoms with Gasteiger partial charge in [-0.05, 0) is 31.0 Å². The van der Waals surface area contributed by atoms with Crippen molar-refractivity contribution in [2.75, 3.05) is 0 Å². The normalized spacial score (nSPS) is 12.2. The van der Waals surface area contributed by atoms with E-state index in [2.05, 4.69) is 12.2 Å². The Hall–Kier alpha value is -2.82. The highest BCUT2D eigenvalue weighted by atomic mass is 16.2. The van der Waals surface area contributed by atoms with E-state index in [1.807, 2.05) is 61.5 Å². The van der Waals surface area contributed by atoms with Crippen LogP contribution < -0.4 is 11.0 Å². The van der Waals surface area contributed by atoms with E-state index < -0.39 is 0 Å². The molecular formula is C21H25N3O2. The van der Waals surface area contributed by atoms with E-state index in [0.717, 1.165) is 23.0 Å². The molecule has 0 aliphatic heterocycles. The number of aryl methyl sites for hydroxylation is 2. The van der Waals surface area contributed by atoms with Crippen molar-refractivity contribution in [2.24, 2.45) is 0 Å². The number of rotatable bonds is 7. The van der Waals surface area contributed by atoms with Gasteiger partial charge in [0.15, 0.2) is 0 Å². The van der Waals surface area contributed by atoms with Gasteiger partial charge in [0.2, 0.25) is 5.91 Å².